The number of hydrogen-bond acceptors (Lipinski definition) is 4. The van der Waals surface area contributed by atoms with Crippen molar-refractivity contribution in [3.63, 3.8) is 0 Å². The molecule has 120 valence electrons. The van der Waals surface area contributed by atoms with E-state index in [4.69, 9.17) is 14.2 Å². The highest BCUT2D eigenvalue weighted by atomic mass is 79.9. The number of nitrogens with one attached hydrogen (secondary N) is 1. The molecular formula is C17H16BrNO4. The molecule has 5 nitrogen and oxygen atoms in total. The highest BCUT2D eigenvalue weighted by molar-refractivity contribution is 9.10. The first kappa shape index (κ1) is 15.7. The molecule has 0 saturated heterocycles. The SMILES string of the molecule is CCOc1cccc(NC(=O)c2cc3c(cc2Br)OCCO3)c1. The summed E-state index contributed by atoms with van der Waals surface area (Å²) in [6, 6.07) is 10.7. The maximum Gasteiger partial charge on any atom is 0.256 e. The molecule has 1 amide bonds. The Balaban J connectivity index is 1.82. The highest BCUT2D eigenvalue weighted by Crippen LogP contribution is 2.35. The number of fused-ring (bicyclic) bond motifs is 1. The molecule has 23 heavy (non-hydrogen) atoms. The largest absolute Gasteiger partial charge is 0.494 e. The number of anilines is 1. The smallest absolute Gasteiger partial charge is 0.256 e. The van der Waals surface area contributed by atoms with Crippen molar-refractivity contribution < 1.29 is 19.0 Å². The summed E-state index contributed by atoms with van der Waals surface area (Å²) in [5.41, 5.74) is 1.15. The van der Waals surface area contributed by atoms with Crippen molar-refractivity contribution in [3.8, 4) is 17.2 Å². The van der Waals surface area contributed by atoms with Crippen molar-refractivity contribution in [1.29, 1.82) is 0 Å². The molecule has 1 heterocycles. The second-order valence-corrected chi connectivity index (χ2v) is 5.75. The Morgan fingerprint density at radius 3 is 2.70 bits per heavy atom. The lowest BCUT2D eigenvalue weighted by molar-refractivity contribution is 0.102. The minimum atomic E-state index is -0.234. The molecule has 0 spiro atoms. The molecule has 1 aliphatic rings. The topological polar surface area (TPSA) is 56.8 Å². The predicted octanol–water partition coefficient (Wildman–Crippen LogP) is 3.87. The molecule has 0 atom stereocenters. The van der Waals surface area contributed by atoms with Gasteiger partial charge in [-0.2, -0.15) is 0 Å². The fourth-order valence-corrected chi connectivity index (χ4v) is 2.77. The first-order valence-corrected chi connectivity index (χ1v) is 8.10. The van der Waals surface area contributed by atoms with Crippen LogP contribution >= 0.6 is 15.9 Å². The van der Waals surface area contributed by atoms with E-state index >= 15 is 0 Å². The first-order chi connectivity index (χ1) is 11.2. The van der Waals surface area contributed by atoms with Crippen LogP contribution in [0.1, 0.15) is 17.3 Å². The molecule has 6 heteroatoms. The maximum absolute atomic E-state index is 12.5. The zero-order valence-electron chi connectivity index (χ0n) is 12.6. The van der Waals surface area contributed by atoms with Crippen molar-refractivity contribution in [2.75, 3.05) is 25.1 Å². The van der Waals surface area contributed by atoms with Crippen LogP contribution in [0.5, 0.6) is 17.2 Å². The number of carbonyl (C=O) groups is 1. The van der Waals surface area contributed by atoms with Gasteiger partial charge < -0.3 is 19.5 Å². The quantitative estimate of drug-likeness (QED) is 0.878. The van der Waals surface area contributed by atoms with Crippen molar-refractivity contribution in [1.82, 2.24) is 0 Å². The predicted molar refractivity (Wildman–Crippen MR) is 90.7 cm³/mol. The summed E-state index contributed by atoms with van der Waals surface area (Å²) in [4.78, 5) is 12.5. The van der Waals surface area contributed by atoms with Gasteiger partial charge in [-0.15, -0.1) is 0 Å². The van der Waals surface area contributed by atoms with Gasteiger partial charge in [-0.1, -0.05) is 6.07 Å². The number of hydrogen-bond donors (Lipinski definition) is 1. The Bertz CT molecular complexity index is 733. The molecule has 0 radical (unpaired) electrons. The van der Waals surface area contributed by atoms with Gasteiger partial charge in [0, 0.05) is 16.2 Å². The van der Waals surface area contributed by atoms with Crippen LogP contribution in [0.3, 0.4) is 0 Å². The van der Waals surface area contributed by atoms with Crippen molar-refractivity contribution >= 4 is 27.5 Å². The molecule has 1 aliphatic heterocycles. The average molecular weight is 378 g/mol. The van der Waals surface area contributed by atoms with E-state index in [-0.39, 0.29) is 5.91 Å². The Hall–Kier alpha value is -2.21. The van der Waals surface area contributed by atoms with Crippen LogP contribution in [-0.4, -0.2) is 25.7 Å². The zero-order chi connectivity index (χ0) is 16.2. The monoisotopic (exact) mass is 377 g/mol. The van der Waals surface area contributed by atoms with Crippen molar-refractivity contribution in [2.45, 2.75) is 6.92 Å². The van der Waals surface area contributed by atoms with E-state index in [1.165, 1.54) is 0 Å². The van der Waals surface area contributed by atoms with Crippen LogP contribution in [0.25, 0.3) is 0 Å². The summed E-state index contributed by atoms with van der Waals surface area (Å²) in [5.74, 6) is 1.69. The summed E-state index contributed by atoms with van der Waals surface area (Å²) >= 11 is 3.41. The van der Waals surface area contributed by atoms with Gasteiger partial charge in [0.15, 0.2) is 11.5 Å². The van der Waals surface area contributed by atoms with E-state index in [0.29, 0.717) is 52.8 Å². The molecule has 0 fully saturated rings. The standard InChI is InChI=1S/C17H16BrNO4/c1-2-21-12-5-3-4-11(8-12)19-17(20)13-9-15-16(10-14(13)18)23-7-6-22-15/h3-5,8-10H,2,6-7H2,1H3,(H,19,20). The van der Waals surface area contributed by atoms with Crippen LogP contribution in [0.15, 0.2) is 40.9 Å². The summed E-state index contributed by atoms with van der Waals surface area (Å²) in [7, 11) is 0. The molecule has 2 aromatic carbocycles. The molecule has 0 unspecified atom stereocenters. The second-order valence-electron chi connectivity index (χ2n) is 4.89. The maximum atomic E-state index is 12.5. The fourth-order valence-electron chi connectivity index (χ4n) is 2.27. The van der Waals surface area contributed by atoms with E-state index in [1.807, 2.05) is 25.1 Å². The van der Waals surface area contributed by atoms with Gasteiger partial charge in [-0.05, 0) is 47.1 Å². The van der Waals surface area contributed by atoms with Gasteiger partial charge in [-0.3, -0.25) is 4.79 Å². The fraction of sp³-hybridized carbons (Fsp3) is 0.235. The van der Waals surface area contributed by atoms with Crippen LogP contribution in [-0.2, 0) is 0 Å². The molecular weight excluding hydrogens is 362 g/mol. The molecule has 0 saturated carbocycles. The number of carbonyl (C=O) groups excluding carboxylic acids is 1. The second kappa shape index (κ2) is 6.91. The van der Waals surface area contributed by atoms with E-state index in [2.05, 4.69) is 21.2 Å². The van der Waals surface area contributed by atoms with Gasteiger partial charge in [0.1, 0.15) is 19.0 Å². The third-order valence-corrected chi connectivity index (χ3v) is 3.94. The summed E-state index contributed by atoms with van der Waals surface area (Å²) < 4.78 is 17.1. The van der Waals surface area contributed by atoms with Gasteiger partial charge in [0.25, 0.3) is 5.91 Å². The normalized spacial score (nSPS) is 12.6. The van der Waals surface area contributed by atoms with E-state index in [0.717, 1.165) is 0 Å². The Kier molecular flexibility index (Phi) is 4.71. The number of ether oxygens (including phenoxy) is 3. The van der Waals surface area contributed by atoms with E-state index < -0.39 is 0 Å². The third kappa shape index (κ3) is 3.59. The van der Waals surface area contributed by atoms with Crippen molar-refractivity contribution in [3.05, 3.63) is 46.4 Å². The van der Waals surface area contributed by atoms with Gasteiger partial charge in [0.05, 0.1) is 12.2 Å². The van der Waals surface area contributed by atoms with Crippen LogP contribution < -0.4 is 19.5 Å². The minimum absolute atomic E-state index is 0.234. The van der Waals surface area contributed by atoms with Crippen LogP contribution in [0, 0.1) is 0 Å². The first-order valence-electron chi connectivity index (χ1n) is 7.30. The number of benzene rings is 2. The lowest BCUT2D eigenvalue weighted by Crippen LogP contribution is -2.17. The number of halogens is 1. The minimum Gasteiger partial charge on any atom is -0.494 e. The zero-order valence-corrected chi connectivity index (χ0v) is 14.2. The lowest BCUT2D eigenvalue weighted by Gasteiger charge is -2.19. The van der Waals surface area contributed by atoms with Gasteiger partial charge >= 0.3 is 0 Å². The molecule has 2 aromatic rings. The molecule has 0 aliphatic carbocycles. The van der Waals surface area contributed by atoms with Crippen LogP contribution in [0.4, 0.5) is 5.69 Å². The Labute approximate surface area is 142 Å². The van der Waals surface area contributed by atoms with E-state index in [9.17, 15) is 4.79 Å². The molecule has 0 bridgehead atoms. The lowest BCUT2D eigenvalue weighted by atomic mass is 10.1. The third-order valence-electron chi connectivity index (χ3n) is 3.28. The average Bonchev–Trinajstić information content (AvgIpc) is 2.55. The van der Waals surface area contributed by atoms with E-state index in [1.54, 1.807) is 18.2 Å². The summed E-state index contributed by atoms with van der Waals surface area (Å²) in [6.07, 6.45) is 0. The van der Waals surface area contributed by atoms with Gasteiger partial charge in [0.2, 0.25) is 0 Å². The molecule has 1 N–H and O–H groups in total. The highest BCUT2D eigenvalue weighted by Gasteiger charge is 2.19. The number of amides is 1. The molecule has 3 rings (SSSR count). The molecule has 0 aromatic heterocycles. The number of rotatable bonds is 4. The van der Waals surface area contributed by atoms with Crippen molar-refractivity contribution in [2.24, 2.45) is 0 Å². The van der Waals surface area contributed by atoms with Crippen LogP contribution in [0.2, 0.25) is 0 Å². The van der Waals surface area contributed by atoms with Gasteiger partial charge in [-0.25, -0.2) is 0 Å². The summed E-state index contributed by atoms with van der Waals surface area (Å²) in [6.45, 7) is 3.48. The summed E-state index contributed by atoms with van der Waals surface area (Å²) in [5, 5.41) is 2.86. The Morgan fingerprint density at radius 2 is 1.96 bits per heavy atom. The Morgan fingerprint density at radius 1 is 1.22 bits per heavy atom.